The number of ether oxygens (including phenoxy) is 2. The van der Waals surface area contributed by atoms with Crippen molar-refractivity contribution in [2.75, 3.05) is 0 Å². The molecule has 122 valence electrons. The van der Waals surface area contributed by atoms with E-state index < -0.39 is 18.1 Å². The van der Waals surface area contributed by atoms with Gasteiger partial charge in [0.05, 0.1) is 12.1 Å². The Balaban J connectivity index is 2.09. The van der Waals surface area contributed by atoms with Crippen LogP contribution in [0, 0.1) is 11.7 Å². The van der Waals surface area contributed by atoms with Gasteiger partial charge in [0.2, 0.25) is 6.29 Å². The summed E-state index contributed by atoms with van der Waals surface area (Å²) in [5.41, 5.74) is -0.114. The van der Waals surface area contributed by atoms with Crippen LogP contribution >= 0.6 is 0 Å². The lowest BCUT2D eigenvalue weighted by Gasteiger charge is -2.30. The first-order valence-electron chi connectivity index (χ1n) is 7.80. The van der Waals surface area contributed by atoms with Gasteiger partial charge in [-0.15, -0.1) is 0 Å². The molecule has 1 aromatic rings. The summed E-state index contributed by atoms with van der Waals surface area (Å²) in [7, 11) is 0. The SMILES string of the molecule is CC(C)C(Oc1cc(C(=O)[O-])ccc1F)OC1CCCCC1. The molecular weight excluding hydrogens is 287 g/mol. The molecule has 5 heteroatoms. The predicted octanol–water partition coefficient (Wildman–Crippen LogP) is 2.90. The van der Waals surface area contributed by atoms with Crippen LogP contribution in [0.2, 0.25) is 0 Å². The van der Waals surface area contributed by atoms with E-state index in [9.17, 15) is 14.3 Å². The molecule has 22 heavy (non-hydrogen) atoms. The van der Waals surface area contributed by atoms with E-state index in [-0.39, 0.29) is 23.3 Å². The van der Waals surface area contributed by atoms with E-state index in [4.69, 9.17) is 9.47 Å². The van der Waals surface area contributed by atoms with Crippen LogP contribution in [0.15, 0.2) is 18.2 Å². The maximum Gasteiger partial charge on any atom is 0.202 e. The third kappa shape index (κ3) is 4.44. The van der Waals surface area contributed by atoms with E-state index in [0.29, 0.717) is 0 Å². The molecular formula is C17H22FO4-. The van der Waals surface area contributed by atoms with Crippen LogP contribution in [0.1, 0.15) is 56.3 Å². The Labute approximate surface area is 130 Å². The fourth-order valence-corrected chi connectivity index (χ4v) is 2.56. The lowest BCUT2D eigenvalue weighted by molar-refractivity contribution is -0.255. The van der Waals surface area contributed by atoms with Crippen LogP contribution in [0.5, 0.6) is 5.75 Å². The molecule has 0 aromatic heterocycles. The van der Waals surface area contributed by atoms with E-state index in [1.165, 1.54) is 6.42 Å². The van der Waals surface area contributed by atoms with Crippen molar-refractivity contribution in [1.82, 2.24) is 0 Å². The first-order chi connectivity index (χ1) is 10.5. The minimum atomic E-state index is -1.36. The van der Waals surface area contributed by atoms with Gasteiger partial charge in [-0.3, -0.25) is 0 Å². The Morgan fingerprint density at radius 3 is 2.55 bits per heavy atom. The van der Waals surface area contributed by atoms with Crippen LogP contribution in [0.4, 0.5) is 4.39 Å². The van der Waals surface area contributed by atoms with Gasteiger partial charge in [0.1, 0.15) is 0 Å². The largest absolute Gasteiger partial charge is 0.545 e. The number of carboxylic acid groups (broad SMARTS) is 1. The number of carbonyl (C=O) groups is 1. The first-order valence-corrected chi connectivity index (χ1v) is 7.80. The molecule has 1 aromatic carbocycles. The highest BCUT2D eigenvalue weighted by atomic mass is 19.1. The third-order valence-corrected chi connectivity index (χ3v) is 3.83. The van der Waals surface area contributed by atoms with Gasteiger partial charge in [-0.2, -0.15) is 0 Å². The van der Waals surface area contributed by atoms with E-state index in [1.54, 1.807) is 0 Å². The summed E-state index contributed by atoms with van der Waals surface area (Å²) in [5, 5.41) is 10.9. The maximum atomic E-state index is 13.8. The minimum Gasteiger partial charge on any atom is -0.545 e. The van der Waals surface area contributed by atoms with Gasteiger partial charge in [-0.25, -0.2) is 4.39 Å². The van der Waals surface area contributed by atoms with Gasteiger partial charge < -0.3 is 19.4 Å². The normalized spacial score (nSPS) is 17.5. The highest BCUT2D eigenvalue weighted by Gasteiger charge is 2.24. The topological polar surface area (TPSA) is 58.6 Å². The molecule has 0 spiro atoms. The van der Waals surface area contributed by atoms with Crippen LogP contribution < -0.4 is 9.84 Å². The maximum absolute atomic E-state index is 13.8. The van der Waals surface area contributed by atoms with Gasteiger partial charge in [0, 0.05) is 11.5 Å². The fraction of sp³-hybridized carbons (Fsp3) is 0.588. The second-order valence-corrected chi connectivity index (χ2v) is 6.06. The molecule has 0 bridgehead atoms. The molecule has 1 unspecified atom stereocenters. The Hall–Kier alpha value is -1.62. The highest BCUT2D eigenvalue weighted by Crippen LogP contribution is 2.27. The summed E-state index contributed by atoms with van der Waals surface area (Å²) >= 11 is 0. The number of carboxylic acids is 1. The Bertz CT molecular complexity index is 509. The summed E-state index contributed by atoms with van der Waals surface area (Å²) in [6.07, 6.45) is 4.95. The third-order valence-electron chi connectivity index (χ3n) is 3.83. The van der Waals surface area contributed by atoms with Crippen LogP contribution in [-0.4, -0.2) is 18.4 Å². The quantitative estimate of drug-likeness (QED) is 0.758. The summed E-state index contributed by atoms with van der Waals surface area (Å²) in [6.45, 7) is 3.85. The van der Waals surface area contributed by atoms with Crippen LogP contribution in [-0.2, 0) is 4.74 Å². The average molecular weight is 309 g/mol. The van der Waals surface area contributed by atoms with Gasteiger partial charge in [0.15, 0.2) is 11.6 Å². The van der Waals surface area contributed by atoms with Crippen molar-refractivity contribution in [3.05, 3.63) is 29.6 Å². The second kappa shape index (κ2) is 7.58. The Morgan fingerprint density at radius 1 is 1.27 bits per heavy atom. The molecule has 0 aliphatic heterocycles. The minimum absolute atomic E-state index is 0.0212. The number of rotatable bonds is 6. The lowest BCUT2D eigenvalue weighted by Crippen LogP contribution is -2.33. The van der Waals surface area contributed by atoms with E-state index in [1.807, 2.05) is 13.8 Å². The Kier molecular flexibility index (Phi) is 5.77. The molecule has 0 radical (unpaired) electrons. The highest BCUT2D eigenvalue weighted by molar-refractivity contribution is 5.86. The molecule has 1 atom stereocenters. The second-order valence-electron chi connectivity index (χ2n) is 6.06. The molecule has 1 saturated carbocycles. The predicted molar refractivity (Wildman–Crippen MR) is 77.9 cm³/mol. The number of hydrogen-bond acceptors (Lipinski definition) is 4. The average Bonchev–Trinajstić information content (AvgIpc) is 2.49. The summed E-state index contributed by atoms with van der Waals surface area (Å²) in [5.74, 6) is -2.06. The summed E-state index contributed by atoms with van der Waals surface area (Å²) in [4.78, 5) is 10.9. The van der Waals surface area contributed by atoms with Gasteiger partial charge in [-0.05, 0) is 31.0 Å². The van der Waals surface area contributed by atoms with E-state index in [2.05, 4.69) is 0 Å². The van der Waals surface area contributed by atoms with Gasteiger partial charge >= 0.3 is 0 Å². The smallest absolute Gasteiger partial charge is 0.202 e. The molecule has 2 rings (SSSR count). The fourth-order valence-electron chi connectivity index (χ4n) is 2.56. The van der Waals surface area contributed by atoms with Crippen molar-refractivity contribution in [2.45, 2.75) is 58.3 Å². The zero-order valence-corrected chi connectivity index (χ0v) is 13.0. The first kappa shape index (κ1) is 16.7. The molecule has 1 fully saturated rings. The lowest BCUT2D eigenvalue weighted by atomic mass is 9.97. The zero-order valence-electron chi connectivity index (χ0n) is 13.0. The molecule has 0 amide bonds. The van der Waals surface area contributed by atoms with Crippen molar-refractivity contribution < 1.29 is 23.8 Å². The van der Waals surface area contributed by atoms with Crippen molar-refractivity contribution in [3.63, 3.8) is 0 Å². The van der Waals surface area contributed by atoms with Gasteiger partial charge in [-0.1, -0.05) is 33.1 Å². The summed E-state index contributed by atoms with van der Waals surface area (Å²) < 4.78 is 25.4. The zero-order chi connectivity index (χ0) is 16.1. The summed E-state index contributed by atoms with van der Waals surface area (Å²) in [6, 6.07) is 3.37. The molecule has 0 heterocycles. The molecule has 0 N–H and O–H groups in total. The number of carbonyl (C=O) groups excluding carboxylic acids is 1. The standard InChI is InChI=1S/C17H23FO4/c1-11(2)17(21-13-6-4-3-5-7-13)22-15-10-12(16(19)20)8-9-14(15)18/h8-11,13,17H,3-7H2,1-2H3,(H,19,20)/p-1. The van der Waals surface area contributed by atoms with E-state index >= 15 is 0 Å². The van der Waals surface area contributed by atoms with Gasteiger partial charge in [0.25, 0.3) is 0 Å². The van der Waals surface area contributed by atoms with Crippen LogP contribution in [0.25, 0.3) is 0 Å². The Morgan fingerprint density at radius 2 is 1.95 bits per heavy atom. The molecule has 4 nitrogen and oxygen atoms in total. The van der Waals surface area contributed by atoms with Crippen molar-refractivity contribution >= 4 is 5.97 Å². The van der Waals surface area contributed by atoms with Crippen molar-refractivity contribution in [2.24, 2.45) is 5.92 Å². The molecule has 0 saturated heterocycles. The van der Waals surface area contributed by atoms with Crippen LogP contribution in [0.3, 0.4) is 0 Å². The van der Waals surface area contributed by atoms with E-state index in [0.717, 1.165) is 43.9 Å². The molecule has 1 aliphatic rings. The number of benzene rings is 1. The number of hydrogen-bond donors (Lipinski definition) is 0. The number of halogens is 1. The molecule has 1 aliphatic carbocycles. The monoisotopic (exact) mass is 309 g/mol. The van der Waals surface area contributed by atoms with Crippen molar-refractivity contribution in [1.29, 1.82) is 0 Å². The number of aromatic carboxylic acids is 1. The van der Waals surface area contributed by atoms with Crippen molar-refractivity contribution in [3.8, 4) is 5.75 Å².